The van der Waals surface area contributed by atoms with Gasteiger partial charge in [0.2, 0.25) is 15.9 Å². The van der Waals surface area contributed by atoms with Gasteiger partial charge in [-0.1, -0.05) is 18.2 Å². The zero-order chi connectivity index (χ0) is 19.7. The lowest BCUT2D eigenvalue weighted by atomic mass is 10.1. The molecule has 0 spiro atoms. The van der Waals surface area contributed by atoms with Crippen molar-refractivity contribution >= 4 is 39.3 Å². The Kier molecular flexibility index (Phi) is 4.64. The molecule has 2 N–H and O–H groups in total. The van der Waals surface area contributed by atoms with Crippen molar-refractivity contribution in [1.82, 2.24) is 5.32 Å². The molecule has 2 aliphatic heterocycles. The highest BCUT2D eigenvalue weighted by Gasteiger charge is 2.28. The summed E-state index contributed by atoms with van der Waals surface area (Å²) in [6, 6.07) is 12.3. The third kappa shape index (κ3) is 3.63. The van der Waals surface area contributed by atoms with Gasteiger partial charge in [-0.25, -0.2) is 8.42 Å². The molecule has 0 aliphatic carbocycles. The minimum Gasteiger partial charge on any atom is -0.348 e. The molecule has 4 rings (SSSR count). The maximum Gasteiger partial charge on any atom is 0.251 e. The normalized spacial score (nSPS) is 17.6. The van der Waals surface area contributed by atoms with Crippen LogP contribution < -0.4 is 14.9 Å². The Bertz CT molecular complexity index is 1080. The number of carbonyl (C=O) groups is 2. The number of anilines is 2. The van der Waals surface area contributed by atoms with Crippen molar-refractivity contribution in [1.29, 1.82) is 0 Å². The molecule has 0 radical (unpaired) electrons. The Morgan fingerprint density at radius 2 is 1.93 bits per heavy atom. The van der Waals surface area contributed by atoms with Gasteiger partial charge >= 0.3 is 0 Å². The highest BCUT2D eigenvalue weighted by atomic mass is 32.2. The minimum absolute atomic E-state index is 0.137. The Morgan fingerprint density at radius 1 is 1.14 bits per heavy atom. The fourth-order valence-corrected chi connectivity index (χ4v) is 4.89. The van der Waals surface area contributed by atoms with E-state index < -0.39 is 10.0 Å². The van der Waals surface area contributed by atoms with Gasteiger partial charge in [-0.3, -0.25) is 13.9 Å². The summed E-state index contributed by atoms with van der Waals surface area (Å²) in [5.74, 6) is -0.273. The molecule has 0 atom stereocenters. The van der Waals surface area contributed by atoms with E-state index in [4.69, 9.17) is 0 Å². The number of hydrogen-bond donors (Lipinski definition) is 2. The SMILES string of the molecule is O=C(/C=C/c1ccc(N2CCCS2(=O)=O)cc1)Nc1ccc2c(c1)C(=O)NC2. The van der Waals surface area contributed by atoms with E-state index in [1.54, 1.807) is 42.5 Å². The second kappa shape index (κ2) is 7.12. The zero-order valence-electron chi connectivity index (χ0n) is 15.0. The fraction of sp³-hybridized carbons (Fsp3) is 0.200. The Hall–Kier alpha value is -3.13. The van der Waals surface area contributed by atoms with Gasteiger partial charge in [0, 0.05) is 30.4 Å². The third-order valence-electron chi connectivity index (χ3n) is 4.77. The first-order valence-corrected chi connectivity index (χ1v) is 10.5. The van der Waals surface area contributed by atoms with Gasteiger partial charge in [0.25, 0.3) is 5.91 Å². The van der Waals surface area contributed by atoms with Crippen LogP contribution in [0.4, 0.5) is 11.4 Å². The second-order valence-corrected chi connectivity index (χ2v) is 8.72. The molecular weight excluding hydrogens is 378 g/mol. The second-order valence-electron chi connectivity index (χ2n) is 6.71. The molecule has 0 aromatic heterocycles. The molecule has 7 nitrogen and oxygen atoms in total. The van der Waals surface area contributed by atoms with Crippen LogP contribution in [-0.4, -0.2) is 32.5 Å². The van der Waals surface area contributed by atoms with Crippen molar-refractivity contribution in [2.24, 2.45) is 0 Å². The molecule has 2 aliphatic rings. The van der Waals surface area contributed by atoms with Crippen molar-refractivity contribution in [3.63, 3.8) is 0 Å². The first kappa shape index (κ1) is 18.2. The average molecular weight is 397 g/mol. The molecule has 2 aromatic rings. The number of amides is 2. The molecular formula is C20H19N3O4S. The van der Waals surface area contributed by atoms with Gasteiger partial charge in [-0.05, 0) is 47.9 Å². The quantitative estimate of drug-likeness (QED) is 0.773. The summed E-state index contributed by atoms with van der Waals surface area (Å²) in [4.78, 5) is 23.8. The number of carbonyl (C=O) groups excluding carboxylic acids is 2. The topological polar surface area (TPSA) is 95.6 Å². The molecule has 2 amide bonds. The number of sulfonamides is 1. The summed E-state index contributed by atoms with van der Waals surface area (Å²) in [6.45, 7) is 1.01. The fourth-order valence-electron chi connectivity index (χ4n) is 3.33. The maximum absolute atomic E-state index is 12.1. The predicted molar refractivity (Wildman–Crippen MR) is 107 cm³/mol. The molecule has 1 saturated heterocycles. The number of benzene rings is 2. The summed E-state index contributed by atoms with van der Waals surface area (Å²) in [5, 5.41) is 5.47. The van der Waals surface area contributed by atoms with Crippen molar-refractivity contribution in [3.05, 3.63) is 65.2 Å². The standard InChI is InChI=1S/C20H19N3O4S/c24-19(22-16-6-5-15-13-21-20(25)18(15)12-16)9-4-14-2-7-17(8-3-14)23-10-1-11-28(23,26)27/h2-9,12H,1,10-11,13H2,(H,21,25)(H,22,24)/b9-4+. The number of rotatable bonds is 4. The van der Waals surface area contributed by atoms with Crippen LogP contribution in [0.15, 0.2) is 48.5 Å². The Labute approximate surface area is 163 Å². The van der Waals surface area contributed by atoms with Crippen LogP contribution in [0, 0.1) is 0 Å². The zero-order valence-corrected chi connectivity index (χ0v) is 15.8. The molecule has 2 aromatic carbocycles. The van der Waals surface area contributed by atoms with Gasteiger partial charge in [0.05, 0.1) is 11.4 Å². The van der Waals surface area contributed by atoms with E-state index in [0.717, 1.165) is 11.1 Å². The summed E-state index contributed by atoms with van der Waals surface area (Å²) in [7, 11) is -3.20. The first-order valence-electron chi connectivity index (χ1n) is 8.93. The van der Waals surface area contributed by atoms with Crippen LogP contribution in [0.25, 0.3) is 6.08 Å². The lowest BCUT2D eigenvalue weighted by molar-refractivity contribution is -0.111. The molecule has 144 valence electrons. The molecule has 0 unspecified atom stereocenters. The summed E-state index contributed by atoms with van der Waals surface area (Å²) < 4.78 is 25.3. The number of nitrogens with one attached hydrogen (secondary N) is 2. The molecule has 1 fully saturated rings. The lowest BCUT2D eigenvalue weighted by Gasteiger charge is -2.16. The van der Waals surface area contributed by atoms with Crippen molar-refractivity contribution in [3.8, 4) is 0 Å². The summed E-state index contributed by atoms with van der Waals surface area (Å²) in [5.41, 5.74) is 3.47. The summed E-state index contributed by atoms with van der Waals surface area (Å²) >= 11 is 0. The number of hydrogen-bond acceptors (Lipinski definition) is 4. The molecule has 0 saturated carbocycles. The van der Waals surface area contributed by atoms with Crippen LogP contribution in [0.1, 0.15) is 27.9 Å². The van der Waals surface area contributed by atoms with Crippen molar-refractivity contribution in [2.45, 2.75) is 13.0 Å². The van der Waals surface area contributed by atoms with E-state index >= 15 is 0 Å². The van der Waals surface area contributed by atoms with E-state index in [0.29, 0.717) is 36.4 Å². The molecule has 8 heteroatoms. The summed E-state index contributed by atoms with van der Waals surface area (Å²) in [6.07, 6.45) is 3.68. The van der Waals surface area contributed by atoms with Gasteiger partial charge in [0.15, 0.2) is 0 Å². The van der Waals surface area contributed by atoms with Crippen LogP contribution in [0.2, 0.25) is 0 Å². The highest BCUT2D eigenvalue weighted by molar-refractivity contribution is 7.93. The average Bonchev–Trinajstić information content (AvgIpc) is 3.22. The van der Waals surface area contributed by atoms with Crippen LogP contribution in [0.3, 0.4) is 0 Å². The maximum atomic E-state index is 12.1. The van der Waals surface area contributed by atoms with Gasteiger partial charge < -0.3 is 10.6 Å². The monoisotopic (exact) mass is 397 g/mol. The van der Waals surface area contributed by atoms with Gasteiger partial charge in [0.1, 0.15) is 0 Å². The minimum atomic E-state index is -3.20. The molecule has 2 heterocycles. The number of nitrogens with zero attached hydrogens (tertiary/aromatic N) is 1. The molecule has 0 bridgehead atoms. The number of fused-ring (bicyclic) bond motifs is 1. The lowest BCUT2D eigenvalue weighted by Crippen LogP contribution is -2.24. The van der Waals surface area contributed by atoms with E-state index in [9.17, 15) is 18.0 Å². The van der Waals surface area contributed by atoms with E-state index in [2.05, 4.69) is 10.6 Å². The highest BCUT2D eigenvalue weighted by Crippen LogP contribution is 2.24. The largest absolute Gasteiger partial charge is 0.348 e. The van der Waals surface area contributed by atoms with Crippen LogP contribution >= 0.6 is 0 Å². The first-order chi connectivity index (χ1) is 13.4. The molecule has 28 heavy (non-hydrogen) atoms. The van der Waals surface area contributed by atoms with Crippen molar-refractivity contribution < 1.29 is 18.0 Å². The Balaban J connectivity index is 1.41. The van der Waals surface area contributed by atoms with Gasteiger partial charge in [-0.15, -0.1) is 0 Å². The van der Waals surface area contributed by atoms with Crippen LogP contribution in [-0.2, 0) is 21.4 Å². The van der Waals surface area contributed by atoms with Crippen LogP contribution in [0.5, 0.6) is 0 Å². The van der Waals surface area contributed by atoms with E-state index in [1.807, 2.05) is 6.07 Å². The predicted octanol–water partition coefficient (Wildman–Crippen LogP) is 2.12. The third-order valence-corrected chi connectivity index (χ3v) is 6.64. The van der Waals surface area contributed by atoms with E-state index in [1.165, 1.54) is 10.4 Å². The smallest absolute Gasteiger partial charge is 0.251 e. The van der Waals surface area contributed by atoms with Crippen molar-refractivity contribution in [2.75, 3.05) is 21.9 Å². The Morgan fingerprint density at radius 3 is 2.64 bits per heavy atom. The van der Waals surface area contributed by atoms with Gasteiger partial charge in [-0.2, -0.15) is 0 Å². The van der Waals surface area contributed by atoms with E-state index in [-0.39, 0.29) is 17.6 Å².